The number of ether oxygens (including phenoxy) is 1. The van der Waals surface area contributed by atoms with Gasteiger partial charge in [-0.2, -0.15) is 5.26 Å². The number of hydrogen-bond donors (Lipinski definition) is 2. The summed E-state index contributed by atoms with van der Waals surface area (Å²) < 4.78 is 18.2. The number of nitriles is 1. The summed E-state index contributed by atoms with van der Waals surface area (Å²) in [6, 6.07) is 15.1. The number of para-hydroxylation sites is 2. The van der Waals surface area contributed by atoms with Gasteiger partial charge in [0.1, 0.15) is 23.2 Å². The van der Waals surface area contributed by atoms with E-state index in [0.29, 0.717) is 24.4 Å². The molecule has 0 saturated heterocycles. The lowest BCUT2D eigenvalue weighted by Crippen LogP contribution is -2.18. The SMILES string of the molecule is COc1ccccc1NC(=O)/C(C#N)=C\NCCc1cccc(F)c1. The predicted molar refractivity (Wildman–Crippen MR) is 93.4 cm³/mol. The molecule has 0 aliphatic heterocycles. The third kappa shape index (κ3) is 5.36. The second-order valence-electron chi connectivity index (χ2n) is 5.16. The molecule has 2 aromatic rings. The molecule has 0 aliphatic rings. The van der Waals surface area contributed by atoms with Crippen LogP contribution >= 0.6 is 0 Å². The van der Waals surface area contributed by atoms with Gasteiger partial charge in [-0.3, -0.25) is 4.79 Å². The molecule has 6 heteroatoms. The molecule has 2 rings (SSSR count). The summed E-state index contributed by atoms with van der Waals surface area (Å²) in [6.07, 6.45) is 1.92. The van der Waals surface area contributed by atoms with E-state index < -0.39 is 5.91 Å². The Hall–Kier alpha value is -3.33. The molecule has 0 saturated carbocycles. The molecule has 0 unspecified atom stereocenters. The third-order valence-corrected chi connectivity index (χ3v) is 3.41. The Kier molecular flexibility index (Phi) is 6.55. The van der Waals surface area contributed by atoms with Gasteiger partial charge < -0.3 is 15.4 Å². The molecule has 2 aromatic carbocycles. The van der Waals surface area contributed by atoms with Crippen LogP contribution in [-0.2, 0) is 11.2 Å². The minimum absolute atomic E-state index is 0.0647. The number of hydrogen-bond acceptors (Lipinski definition) is 4. The Morgan fingerprint density at radius 3 is 2.80 bits per heavy atom. The van der Waals surface area contributed by atoms with Crippen LogP contribution in [0.1, 0.15) is 5.56 Å². The summed E-state index contributed by atoms with van der Waals surface area (Å²) >= 11 is 0. The first kappa shape index (κ1) is 18.0. The summed E-state index contributed by atoms with van der Waals surface area (Å²) in [6.45, 7) is 0.469. The van der Waals surface area contributed by atoms with Crippen molar-refractivity contribution in [2.24, 2.45) is 0 Å². The lowest BCUT2D eigenvalue weighted by atomic mass is 10.1. The molecule has 0 spiro atoms. The normalized spacial score (nSPS) is 10.7. The highest BCUT2D eigenvalue weighted by atomic mass is 19.1. The Balaban J connectivity index is 1.93. The fourth-order valence-corrected chi connectivity index (χ4v) is 2.17. The third-order valence-electron chi connectivity index (χ3n) is 3.41. The molecule has 0 fully saturated rings. The highest BCUT2D eigenvalue weighted by Gasteiger charge is 2.11. The number of methoxy groups -OCH3 is 1. The van der Waals surface area contributed by atoms with E-state index in [0.717, 1.165) is 5.56 Å². The number of nitrogens with zero attached hydrogens (tertiary/aromatic N) is 1. The van der Waals surface area contributed by atoms with Crippen molar-refractivity contribution in [1.82, 2.24) is 5.32 Å². The molecule has 0 bridgehead atoms. The molecule has 0 aromatic heterocycles. The van der Waals surface area contributed by atoms with E-state index in [-0.39, 0.29) is 11.4 Å². The van der Waals surface area contributed by atoms with Crippen LogP contribution in [0.3, 0.4) is 0 Å². The molecule has 5 nitrogen and oxygen atoms in total. The Labute approximate surface area is 145 Å². The second-order valence-corrected chi connectivity index (χ2v) is 5.16. The quantitative estimate of drug-likeness (QED) is 0.462. The first-order valence-electron chi connectivity index (χ1n) is 7.66. The molecule has 1 amide bonds. The first-order chi connectivity index (χ1) is 12.1. The molecule has 0 aliphatic carbocycles. The van der Waals surface area contributed by atoms with E-state index in [2.05, 4.69) is 10.6 Å². The van der Waals surface area contributed by atoms with Crippen LogP contribution in [0.2, 0.25) is 0 Å². The molecule has 0 atom stereocenters. The van der Waals surface area contributed by atoms with Crippen LogP contribution in [0.5, 0.6) is 5.75 Å². The Bertz CT molecular complexity index is 812. The maximum atomic E-state index is 13.1. The van der Waals surface area contributed by atoms with Crippen LogP contribution in [0.25, 0.3) is 0 Å². The van der Waals surface area contributed by atoms with Gasteiger partial charge in [0.25, 0.3) is 5.91 Å². The number of carbonyl (C=O) groups excluding carboxylic acids is 1. The minimum atomic E-state index is -0.537. The summed E-state index contributed by atoms with van der Waals surface area (Å²) in [5, 5.41) is 14.7. The zero-order valence-corrected chi connectivity index (χ0v) is 13.8. The fourth-order valence-electron chi connectivity index (χ4n) is 2.17. The standard InChI is InChI=1S/C19H18FN3O2/c1-25-18-8-3-2-7-17(18)23-19(24)15(12-21)13-22-10-9-14-5-4-6-16(20)11-14/h2-8,11,13,22H,9-10H2,1H3,(H,23,24)/b15-13-. The van der Waals surface area contributed by atoms with Crippen LogP contribution in [0.15, 0.2) is 60.3 Å². The molecule has 0 heterocycles. The van der Waals surface area contributed by atoms with Crippen molar-refractivity contribution in [2.45, 2.75) is 6.42 Å². The van der Waals surface area contributed by atoms with Gasteiger partial charge in [-0.25, -0.2) is 4.39 Å². The number of nitrogens with one attached hydrogen (secondary N) is 2. The van der Waals surface area contributed by atoms with E-state index in [4.69, 9.17) is 10.00 Å². The van der Waals surface area contributed by atoms with E-state index in [1.807, 2.05) is 12.1 Å². The van der Waals surface area contributed by atoms with E-state index in [1.54, 1.807) is 30.3 Å². The van der Waals surface area contributed by atoms with Gasteiger partial charge in [0.2, 0.25) is 0 Å². The number of amides is 1. The van der Waals surface area contributed by atoms with Crippen molar-refractivity contribution in [1.29, 1.82) is 5.26 Å². The number of benzene rings is 2. The zero-order valence-electron chi connectivity index (χ0n) is 13.8. The van der Waals surface area contributed by atoms with Crippen molar-refractivity contribution in [2.75, 3.05) is 19.0 Å². The van der Waals surface area contributed by atoms with Crippen molar-refractivity contribution in [3.05, 3.63) is 71.7 Å². The van der Waals surface area contributed by atoms with E-state index >= 15 is 0 Å². The van der Waals surface area contributed by atoms with Gasteiger partial charge in [0, 0.05) is 12.7 Å². The van der Waals surface area contributed by atoms with Gasteiger partial charge >= 0.3 is 0 Å². The largest absolute Gasteiger partial charge is 0.495 e. The van der Waals surface area contributed by atoms with Crippen molar-refractivity contribution in [3.63, 3.8) is 0 Å². The van der Waals surface area contributed by atoms with Gasteiger partial charge in [-0.15, -0.1) is 0 Å². The molecular formula is C19H18FN3O2. The zero-order chi connectivity index (χ0) is 18.1. The van der Waals surface area contributed by atoms with Crippen LogP contribution < -0.4 is 15.4 Å². The van der Waals surface area contributed by atoms with Crippen LogP contribution in [0.4, 0.5) is 10.1 Å². The Morgan fingerprint density at radius 1 is 1.28 bits per heavy atom. The monoisotopic (exact) mass is 339 g/mol. The minimum Gasteiger partial charge on any atom is -0.495 e. The lowest BCUT2D eigenvalue weighted by Gasteiger charge is -2.09. The maximum absolute atomic E-state index is 13.1. The number of rotatable bonds is 7. The average molecular weight is 339 g/mol. The number of anilines is 1. The predicted octanol–water partition coefficient (Wildman–Crippen LogP) is 3.01. The summed E-state index contributed by atoms with van der Waals surface area (Å²) in [5.74, 6) is -0.320. The van der Waals surface area contributed by atoms with Crippen LogP contribution in [0, 0.1) is 17.1 Å². The molecule has 128 valence electrons. The summed E-state index contributed by atoms with van der Waals surface area (Å²) in [4.78, 5) is 12.2. The highest BCUT2D eigenvalue weighted by molar-refractivity contribution is 6.07. The van der Waals surface area contributed by atoms with Crippen molar-refractivity contribution < 1.29 is 13.9 Å². The fraction of sp³-hybridized carbons (Fsp3) is 0.158. The highest BCUT2D eigenvalue weighted by Crippen LogP contribution is 2.23. The van der Waals surface area contributed by atoms with Gasteiger partial charge in [0.05, 0.1) is 12.8 Å². The van der Waals surface area contributed by atoms with E-state index in [9.17, 15) is 9.18 Å². The average Bonchev–Trinajstić information content (AvgIpc) is 2.62. The molecule has 25 heavy (non-hydrogen) atoms. The molecule has 0 radical (unpaired) electrons. The van der Waals surface area contributed by atoms with Gasteiger partial charge in [0.15, 0.2) is 0 Å². The number of halogens is 1. The second kappa shape index (κ2) is 9.08. The maximum Gasteiger partial charge on any atom is 0.267 e. The summed E-state index contributed by atoms with van der Waals surface area (Å²) in [7, 11) is 1.50. The topological polar surface area (TPSA) is 74.1 Å². The number of carbonyl (C=O) groups is 1. The smallest absolute Gasteiger partial charge is 0.267 e. The van der Waals surface area contributed by atoms with Crippen molar-refractivity contribution >= 4 is 11.6 Å². The summed E-state index contributed by atoms with van der Waals surface area (Å²) in [5.41, 5.74) is 1.25. The Morgan fingerprint density at radius 2 is 2.08 bits per heavy atom. The van der Waals surface area contributed by atoms with E-state index in [1.165, 1.54) is 25.4 Å². The molecular weight excluding hydrogens is 321 g/mol. The van der Waals surface area contributed by atoms with Gasteiger partial charge in [-0.05, 0) is 36.2 Å². The van der Waals surface area contributed by atoms with Crippen molar-refractivity contribution in [3.8, 4) is 11.8 Å². The van der Waals surface area contributed by atoms with Gasteiger partial charge in [-0.1, -0.05) is 24.3 Å². The van der Waals surface area contributed by atoms with Crippen LogP contribution in [-0.4, -0.2) is 19.6 Å². The first-order valence-corrected chi connectivity index (χ1v) is 7.66. The lowest BCUT2D eigenvalue weighted by molar-refractivity contribution is -0.112. The molecule has 2 N–H and O–H groups in total.